The van der Waals surface area contributed by atoms with Crippen molar-refractivity contribution in [1.82, 2.24) is 10.5 Å². The third kappa shape index (κ3) is 4.16. The second-order valence-electron chi connectivity index (χ2n) is 5.43. The van der Waals surface area contributed by atoms with E-state index in [9.17, 15) is 0 Å². The first-order valence-corrected chi connectivity index (χ1v) is 6.46. The Morgan fingerprint density at radius 2 is 1.68 bits per heavy atom. The maximum absolute atomic E-state index is 5.71. The van der Waals surface area contributed by atoms with Crippen LogP contribution in [0.5, 0.6) is 0 Å². The average molecular weight is 256 g/mol. The predicted octanol–water partition coefficient (Wildman–Crippen LogP) is 3.49. The molecular weight excluding hydrogens is 236 g/mol. The number of rotatable bonds is 4. The average Bonchev–Trinajstić information content (AvgIpc) is 2.40. The lowest BCUT2D eigenvalue weighted by molar-refractivity contribution is -0.0840. The molecule has 1 aromatic carbocycles. The smallest absolute Gasteiger partial charge is 0.0992 e. The molecular formula is C16H20N2O. The number of pyridine rings is 1. The van der Waals surface area contributed by atoms with Gasteiger partial charge in [-0.05, 0) is 38.5 Å². The molecule has 0 bridgehead atoms. The summed E-state index contributed by atoms with van der Waals surface area (Å²) in [5.41, 5.74) is 4.95. The molecule has 0 aliphatic carbocycles. The zero-order chi connectivity index (χ0) is 13.7. The van der Waals surface area contributed by atoms with E-state index >= 15 is 0 Å². The van der Waals surface area contributed by atoms with E-state index in [4.69, 9.17) is 4.84 Å². The minimum atomic E-state index is -0.248. The van der Waals surface area contributed by atoms with Crippen molar-refractivity contribution < 1.29 is 4.84 Å². The molecule has 1 heterocycles. The van der Waals surface area contributed by atoms with Crippen molar-refractivity contribution in [2.75, 3.05) is 0 Å². The maximum Gasteiger partial charge on any atom is 0.0992 e. The first-order chi connectivity index (χ1) is 9.06. The second kappa shape index (κ2) is 5.95. The molecule has 3 nitrogen and oxygen atoms in total. The molecule has 0 aliphatic heterocycles. The van der Waals surface area contributed by atoms with Crippen LogP contribution in [0.25, 0.3) is 0 Å². The van der Waals surface area contributed by atoms with Gasteiger partial charge < -0.3 is 0 Å². The molecule has 0 amide bonds. The van der Waals surface area contributed by atoms with Gasteiger partial charge in [0, 0.05) is 6.20 Å². The summed E-state index contributed by atoms with van der Waals surface area (Å²) >= 11 is 0. The lowest BCUT2D eigenvalue weighted by Crippen LogP contribution is -2.33. The van der Waals surface area contributed by atoms with Gasteiger partial charge in [-0.25, -0.2) is 0 Å². The van der Waals surface area contributed by atoms with Crippen LogP contribution in [0, 0.1) is 0 Å². The summed E-state index contributed by atoms with van der Waals surface area (Å²) in [6.45, 7) is 6.04. The molecule has 0 radical (unpaired) electrons. The van der Waals surface area contributed by atoms with Crippen LogP contribution in [0.15, 0.2) is 54.7 Å². The quantitative estimate of drug-likeness (QED) is 0.850. The largest absolute Gasteiger partial charge is 0.295 e. The first kappa shape index (κ1) is 13.7. The molecule has 100 valence electrons. The van der Waals surface area contributed by atoms with Crippen LogP contribution in [0.2, 0.25) is 0 Å². The van der Waals surface area contributed by atoms with E-state index in [1.165, 1.54) is 0 Å². The minimum absolute atomic E-state index is 0.0679. The van der Waals surface area contributed by atoms with Crippen LogP contribution in [-0.4, -0.2) is 10.6 Å². The highest BCUT2D eigenvalue weighted by Crippen LogP contribution is 2.21. The number of aromatic nitrogens is 1. The number of hydrogen-bond acceptors (Lipinski definition) is 3. The van der Waals surface area contributed by atoms with Crippen molar-refractivity contribution in [3.63, 3.8) is 0 Å². The Bertz CT molecular complexity index is 452. The van der Waals surface area contributed by atoms with Gasteiger partial charge in [-0.3, -0.25) is 9.82 Å². The molecule has 1 N–H and O–H groups in total. The van der Waals surface area contributed by atoms with Gasteiger partial charge in [0.25, 0.3) is 0 Å². The fourth-order valence-corrected chi connectivity index (χ4v) is 1.73. The van der Waals surface area contributed by atoms with Crippen molar-refractivity contribution in [3.8, 4) is 0 Å². The highest BCUT2D eigenvalue weighted by atomic mass is 16.7. The topological polar surface area (TPSA) is 34.1 Å². The molecule has 0 fully saturated rings. The van der Waals surface area contributed by atoms with Gasteiger partial charge in [0.05, 0.1) is 17.3 Å². The lowest BCUT2D eigenvalue weighted by Gasteiger charge is -2.25. The SMILES string of the molecule is CC(C)(C)ONC(c1ccccc1)c1ccccn1. The Balaban J connectivity index is 2.24. The Labute approximate surface area is 114 Å². The number of benzene rings is 1. The Kier molecular flexibility index (Phi) is 4.30. The van der Waals surface area contributed by atoms with Crippen molar-refractivity contribution in [2.24, 2.45) is 0 Å². The second-order valence-corrected chi connectivity index (χ2v) is 5.43. The van der Waals surface area contributed by atoms with Crippen LogP contribution in [0.1, 0.15) is 38.1 Å². The number of hydrogen-bond donors (Lipinski definition) is 1. The van der Waals surface area contributed by atoms with Gasteiger partial charge in [-0.15, -0.1) is 0 Å². The molecule has 2 aromatic rings. The third-order valence-corrected chi connectivity index (χ3v) is 2.60. The molecule has 3 heteroatoms. The van der Waals surface area contributed by atoms with E-state index in [1.807, 2.05) is 57.2 Å². The standard InChI is InChI=1S/C16H20N2O/c1-16(2,3)19-18-15(13-9-5-4-6-10-13)14-11-7-8-12-17-14/h4-12,15,18H,1-3H3. The molecule has 1 aromatic heterocycles. The fourth-order valence-electron chi connectivity index (χ4n) is 1.73. The summed E-state index contributed by atoms with van der Waals surface area (Å²) in [5, 5.41) is 0. The molecule has 19 heavy (non-hydrogen) atoms. The van der Waals surface area contributed by atoms with Crippen molar-refractivity contribution >= 4 is 0 Å². The summed E-state index contributed by atoms with van der Waals surface area (Å²) < 4.78 is 0. The van der Waals surface area contributed by atoms with E-state index in [0.29, 0.717) is 0 Å². The lowest BCUT2D eigenvalue weighted by atomic mass is 10.0. The predicted molar refractivity (Wildman–Crippen MR) is 76.5 cm³/mol. The van der Waals surface area contributed by atoms with E-state index in [0.717, 1.165) is 11.3 Å². The first-order valence-electron chi connectivity index (χ1n) is 6.46. The number of nitrogens with one attached hydrogen (secondary N) is 1. The molecule has 1 unspecified atom stereocenters. The van der Waals surface area contributed by atoms with Crippen LogP contribution in [0.3, 0.4) is 0 Å². The summed E-state index contributed by atoms with van der Waals surface area (Å²) in [6, 6.07) is 16.0. The van der Waals surface area contributed by atoms with Crippen molar-refractivity contribution in [2.45, 2.75) is 32.4 Å². The summed E-state index contributed by atoms with van der Waals surface area (Å²) in [4.78, 5) is 10.1. The molecule has 2 rings (SSSR count). The Morgan fingerprint density at radius 3 is 2.26 bits per heavy atom. The highest BCUT2D eigenvalue weighted by molar-refractivity contribution is 5.26. The Hall–Kier alpha value is -1.71. The highest BCUT2D eigenvalue weighted by Gasteiger charge is 2.18. The summed E-state index contributed by atoms with van der Waals surface area (Å²) in [6.07, 6.45) is 1.80. The number of hydroxylamine groups is 1. The zero-order valence-electron chi connectivity index (χ0n) is 11.6. The minimum Gasteiger partial charge on any atom is -0.295 e. The van der Waals surface area contributed by atoms with Crippen LogP contribution in [0.4, 0.5) is 0 Å². The zero-order valence-corrected chi connectivity index (χ0v) is 11.6. The molecule has 1 atom stereocenters. The van der Waals surface area contributed by atoms with Crippen molar-refractivity contribution in [1.29, 1.82) is 0 Å². The molecule has 0 aliphatic rings. The summed E-state index contributed by atoms with van der Waals surface area (Å²) in [5.74, 6) is 0. The summed E-state index contributed by atoms with van der Waals surface area (Å²) in [7, 11) is 0. The van der Waals surface area contributed by atoms with Crippen LogP contribution in [-0.2, 0) is 4.84 Å². The maximum atomic E-state index is 5.71. The van der Waals surface area contributed by atoms with E-state index < -0.39 is 0 Å². The van der Waals surface area contributed by atoms with Gasteiger partial charge in [-0.1, -0.05) is 36.4 Å². The van der Waals surface area contributed by atoms with E-state index in [2.05, 4.69) is 22.6 Å². The van der Waals surface area contributed by atoms with E-state index in [1.54, 1.807) is 6.20 Å². The normalized spacial score (nSPS) is 13.2. The van der Waals surface area contributed by atoms with Crippen LogP contribution < -0.4 is 5.48 Å². The molecule has 0 spiro atoms. The number of nitrogens with zero attached hydrogens (tertiary/aromatic N) is 1. The fraction of sp³-hybridized carbons (Fsp3) is 0.312. The molecule has 0 saturated carbocycles. The Morgan fingerprint density at radius 1 is 1.00 bits per heavy atom. The monoisotopic (exact) mass is 256 g/mol. The van der Waals surface area contributed by atoms with Crippen LogP contribution >= 0.6 is 0 Å². The molecule has 0 saturated heterocycles. The van der Waals surface area contributed by atoms with Gasteiger partial charge in [-0.2, -0.15) is 5.48 Å². The van der Waals surface area contributed by atoms with E-state index in [-0.39, 0.29) is 11.6 Å². The third-order valence-electron chi connectivity index (χ3n) is 2.60. The van der Waals surface area contributed by atoms with Gasteiger partial charge >= 0.3 is 0 Å². The van der Waals surface area contributed by atoms with Crippen molar-refractivity contribution in [3.05, 3.63) is 66.0 Å². The van der Waals surface area contributed by atoms with Gasteiger partial charge in [0.1, 0.15) is 0 Å². The van der Waals surface area contributed by atoms with Gasteiger partial charge in [0.2, 0.25) is 0 Å². The van der Waals surface area contributed by atoms with Gasteiger partial charge in [0.15, 0.2) is 0 Å².